The van der Waals surface area contributed by atoms with E-state index in [2.05, 4.69) is 6.58 Å². The monoisotopic (exact) mass is 350 g/mol. The zero-order valence-electron chi connectivity index (χ0n) is 14.8. The lowest BCUT2D eigenvalue weighted by atomic mass is 9.87. The number of aromatic hydroxyl groups is 2. The predicted octanol–water partition coefficient (Wildman–Crippen LogP) is 4.59. The van der Waals surface area contributed by atoms with Crippen LogP contribution in [0, 0.1) is 0 Å². The van der Waals surface area contributed by atoms with Gasteiger partial charge in [0.1, 0.15) is 11.5 Å². The molecule has 0 unspecified atom stereocenters. The summed E-state index contributed by atoms with van der Waals surface area (Å²) in [5.74, 6) is -0.222. The average molecular weight is 350 g/mol. The minimum Gasteiger partial charge on any atom is -0.508 e. The Morgan fingerprint density at radius 1 is 0.962 bits per heavy atom. The summed E-state index contributed by atoms with van der Waals surface area (Å²) in [7, 11) is 0. The third kappa shape index (κ3) is 4.42. The lowest BCUT2D eigenvalue weighted by Crippen LogP contribution is -2.31. The summed E-state index contributed by atoms with van der Waals surface area (Å²) >= 11 is 0. The normalized spacial score (nSPS) is 12.2. The fourth-order valence-electron chi connectivity index (χ4n) is 2.46. The highest BCUT2D eigenvalue weighted by Crippen LogP contribution is 2.35. The molecule has 0 amide bonds. The summed E-state index contributed by atoms with van der Waals surface area (Å²) in [5, 5.41) is 19.1. The van der Waals surface area contributed by atoms with Crippen molar-refractivity contribution in [3.63, 3.8) is 0 Å². The van der Waals surface area contributed by atoms with Gasteiger partial charge < -0.3 is 14.9 Å². The molecule has 0 fully saturated rings. The van der Waals surface area contributed by atoms with Crippen molar-refractivity contribution in [3.05, 3.63) is 96.1 Å². The van der Waals surface area contributed by atoms with Crippen molar-refractivity contribution in [2.75, 3.05) is 0 Å². The van der Waals surface area contributed by atoms with Gasteiger partial charge in [0.15, 0.2) is 5.60 Å². The summed E-state index contributed by atoms with van der Waals surface area (Å²) < 4.78 is 5.85. The topological polar surface area (TPSA) is 66.8 Å². The molecule has 0 spiro atoms. The Balaban J connectivity index is 2.44. The number of hydrogen-bond acceptors (Lipinski definition) is 4. The van der Waals surface area contributed by atoms with Crippen LogP contribution in [0.2, 0.25) is 0 Å². The second kappa shape index (κ2) is 8.21. The van der Waals surface area contributed by atoms with Crippen LogP contribution in [-0.2, 0) is 15.1 Å². The standard InChI is InChI=1S/C22H22O4/c1-4-5-6-7-16(2)21(25)26-22(3,17-8-12-19(23)13-9-17)18-10-14-20(24)15-11-18/h4-15,23-24H,1H2,2-3H3/b6-5-,16-7+. The third-order valence-electron chi connectivity index (χ3n) is 4.05. The first kappa shape index (κ1) is 19.1. The van der Waals surface area contributed by atoms with Gasteiger partial charge in [0, 0.05) is 16.7 Å². The molecular formula is C22H22O4. The van der Waals surface area contributed by atoms with E-state index in [0.29, 0.717) is 16.7 Å². The van der Waals surface area contributed by atoms with Crippen LogP contribution in [0.4, 0.5) is 0 Å². The van der Waals surface area contributed by atoms with Crippen molar-refractivity contribution < 1.29 is 19.7 Å². The first-order chi connectivity index (χ1) is 12.4. The molecule has 2 aromatic rings. The fraction of sp³-hybridized carbons (Fsp3) is 0.136. The number of phenols is 2. The number of esters is 1. The molecule has 4 heteroatoms. The van der Waals surface area contributed by atoms with Gasteiger partial charge in [-0.25, -0.2) is 4.79 Å². The Labute approximate surface area is 153 Å². The summed E-state index contributed by atoms with van der Waals surface area (Å²) in [6.45, 7) is 7.03. The first-order valence-corrected chi connectivity index (χ1v) is 8.15. The van der Waals surface area contributed by atoms with Crippen LogP contribution in [0.3, 0.4) is 0 Å². The molecule has 134 valence electrons. The number of allylic oxidation sites excluding steroid dienone is 4. The van der Waals surface area contributed by atoms with Crippen LogP contribution in [0.1, 0.15) is 25.0 Å². The molecule has 0 bridgehead atoms. The van der Waals surface area contributed by atoms with Crippen molar-refractivity contribution in [1.29, 1.82) is 0 Å². The molecule has 0 aliphatic heterocycles. The molecule has 26 heavy (non-hydrogen) atoms. The minimum atomic E-state index is -1.09. The maximum atomic E-state index is 12.6. The third-order valence-corrected chi connectivity index (χ3v) is 4.05. The van der Waals surface area contributed by atoms with E-state index in [9.17, 15) is 15.0 Å². The van der Waals surface area contributed by atoms with E-state index in [1.807, 2.05) is 0 Å². The van der Waals surface area contributed by atoms with Crippen molar-refractivity contribution in [1.82, 2.24) is 0 Å². The molecule has 0 radical (unpaired) electrons. The number of benzene rings is 2. The molecule has 2 aromatic carbocycles. The van der Waals surface area contributed by atoms with Crippen molar-refractivity contribution in [3.8, 4) is 11.5 Å². The summed E-state index contributed by atoms with van der Waals surface area (Å²) in [5.41, 5.74) is 0.745. The maximum Gasteiger partial charge on any atom is 0.334 e. The van der Waals surface area contributed by atoms with E-state index in [-0.39, 0.29) is 11.5 Å². The molecular weight excluding hydrogens is 328 g/mol. The Morgan fingerprint density at radius 2 is 1.42 bits per heavy atom. The SMILES string of the molecule is C=C/C=C\C=C(/C)C(=O)OC(C)(c1ccc(O)cc1)c1ccc(O)cc1. The average Bonchev–Trinajstić information content (AvgIpc) is 2.62. The summed E-state index contributed by atoms with van der Waals surface area (Å²) in [6.07, 6.45) is 6.70. The highest BCUT2D eigenvalue weighted by atomic mass is 16.6. The second-order valence-electron chi connectivity index (χ2n) is 5.99. The molecule has 0 aliphatic rings. The number of phenolic OH excluding ortho intramolecular Hbond substituents is 2. The smallest absolute Gasteiger partial charge is 0.334 e. The van der Waals surface area contributed by atoms with Gasteiger partial charge in [-0.05, 0) is 38.1 Å². The summed E-state index contributed by atoms with van der Waals surface area (Å²) in [6, 6.07) is 13.0. The van der Waals surface area contributed by atoms with Gasteiger partial charge in [0.05, 0.1) is 0 Å². The van der Waals surface area contributed by atoms with Gasteiger partial charge in [-0.15, -0.1) is 0 Å². The number of carbonyl (C=O) groups excluding carboxylic acids is 1. The summed E-state index contributed by atoms with van der Waals surface area (Å²) in [4.78, 5) is 12.6. The molecule has 4 nitrogen and oxygen atoms in total. The highest BCUT2D eigenvalue weighted by molar-refractivity contribution is 5.88. The van der Waals surface area contributed by atoms with Gasteiger partial charge in [0.2, 0.25) is 0 Å². The van der Waals surface area contributed by atoms with E-state index in [0.717, 1.165) is 0 Å². The predicted molar refractivity (Wildman–Crippen MR) is 102 cm³/mol. The quantitative estimate of drug-likeness (QED) is 0.454. The molecule has 0 atom stereocenters. The maximum absolute atomic E-state index is 12.6. The largest absolute Gasteiger partial charge is 0.508 e. The van der Waals surface area contributed by atoms with Crippen LogP contribution < -0.4 is 0 Å². The van der Waals surface area contributed by atoms with Crippen LogP contribution in [0.5, 0.6) is 11.5 Å². The Morgan fingerprint density at radius 3 is 1.85 bits per heavy atom. The zero-order chi connectivity index (χ0) is 19.2. The van der Waals surface area contributed by atoms with Gasteiger partial charge in [0.25, 0.3) is 0 Å². The molecule has 0 aliphatic carbocycles. The van der Waals surface area contributed by atoms with Crippen molar-refractivity contribution in [2.24, 2.45) is 0 Å². The van der Waals surface area contributed by atoms with Crippen LogP contribution in [-0.4, -0.2) is 16.2 Å². The van der Waals surface area contributed by atoms with Crippen LogP contribution >= 0.6 is 0 Å². The Bertz CT molecular complexity index is 782. The second-order valence-corrected chi connectivity index (χ2v) is 5.99. The number of rotatable bonds is 6. The molecule has 0 aromatic heterocycles. The number of ether oxygens (including phenoxy) is 1. The van der Waals surface area contributed by atoms with Gasteiger partial charge in [-0.3, -0.25) is 0 Å². The zero-order valence-corrected chi connectivity index (χ0v) is 14.8. The van der Waals surface area contributed by atoms with E-state index in [1.54, 1.807) is 62.4 Å². The minimum absolute atomic E-state index is 0.124. The lowest BCUT2D eigenvalue weighted by Gasteiger charge is -2.31. The first-order valence-electron chi connectivity index (χ1n) is 8.15. The van der Waals surface area contributed by atoms with Crippen LogP contribution in [0.25, 0.3) is 0 Å². The Hall–Kier alpha value is -3.27. The van der Waals surface area contributed by atoms with E-state index < -0.39 is 11.6 Å². The lowest BCUT2D eigenvalue weighted by molar-refractivity contribution is -0.150. The van der Waals surface area contributed by atoms with Gasteiger partial charge >= 0.3 is 5.97 Å². The molecule has 2 rings (SSSR count). The van der Waals surface area contributed by atoms with Gasteiger partial charge in [-0.1, -0.05) is 55.1 Å². The highest BCUT2D eigenvalue weighted by Gasteiger charge is 2.33. The van der Waals surface area contributed by atoms with Crippen molar-refractivity contribution >= 4 is 5.97 Å². The van der Waals surface area contributed by atoms with Crippen LogP contribution in [0.15, 0.2) is 85.0 Å². The van der Waals surface area contributed by atoms with E-state index >= 15 is 0 Å². The Kier molecular flexibility index (Phi) is 6.02. The number of carbonyl (C=O) groups is 1. The van der Waals surface area contributed by atoms with E-state index in [1.165, 1.54) is 24.3 Å². The molecule has 0 saturated carbocycles. The molecule has 0 saturated heterocycles. The fourth-order valence-corrected chi connectivity index (χ4v) is 2.46. The van der Waals surface area contributed by atoms with Gasteiger partial charge in [-0.2, -0.15) is 0 Å². The molecule has 2 N–H and O–H groups in total. The molecule has 0 heterocycles. The van der Waals surface area contributed by atoms with Crippen molar-refractivity contribution in [2.45, 2.75) is 19.4 Å². The van der Waals surface area contributed by atoms with E-state index in [4.69, 9.17) is 4.74 Å². The number of hydrogen-bond donors (Lipinski definition) is 2.